The molecule has 0 saturated carbocycles. The van der Waals surface area contributed by atoms with E-state index in [4.69, 9.17) is 0 Å². The van der Waals surface area contributed by atoms with Crippen molar-refractivity contribution in [3.05, 3.63) is 71.3 Å². The predicted octanol–water partition coefficient (Wildman–Crippen LogP) is 3.33. The predicted molar refractivity (Wildman–Crippen MR) is 79.5 cm³/mol. The Bertz CT molecular complexity index is 742. The highest BCUT2D eigenvalue weighted by molar-refractivity contribution is 5.85. The summed E-state index contributed by atoms with van der Waals surface area (Å²) in [6, 6.07) is 11.7. The number of hydrogen-bond acceptors (Lipinski definition) is 3. The molecule has 3 heteroatoms. The van der Waals surface area contributed by atoms with Crippen LogP contribution >= 0.6 is 0 Å². The molecule has 1 aromatic carbocycles. The summed E-state index contributed by atoms with van der Waals surface area (Å²) in [6.45, 7) is 3.88. The number of fused-ring (bicyclic) bond motifs is 1. The molecular weight excluding hydrogens is 248 g/mol. The molecule has 0 fully saturated rings. The van der Waals surface area contributed by atoms with E-state index in [1.54, 1.807) is 6.20 Å². The fourth-order valence-corrected chi connectivity index (χ4v) is 2.59. The summed E-state index contributed by atoms with van der Waals surface area (Å²) in [5.41, 5.74) is 3.61. The van der Waals surface area contributed by atoms with Gasteiger partial charge in [-0.3, -0.25) is 9.97 Å². The lowest BCUT2D eigenvalue weighted by Crippen LogP contribution is -2.02. The Labute approximate surface area is 117 Å². The molecule has 1 atom stereocenters. The fourth-order valence-electron chi connectivity index (χ4n) is 2.59. The largest absolute Gasteiger partial charge is 0.384 e. The first-order chi connectivity index (χ1) is 9.65. The summed E-state index contributed by atoms with van der Waals surface area (Å²) >= 11 is 0. The minimum atomic E-state index is -0.651. The molecule has 2 aromatic heterocycles. The van der Waals surface area contributed by atoms with Crippen LogP contribution in [0.2, 0.25) is 0 Å². The molecule has 3 nitrogen and oxygen atoms in total. The lowest BCUT2D eigenvalue weighted by molar-refractivity contribution is 0.221. The summed E-state index contributed by atoms with van der Waals surface area (Å²) in [5, 5.41) is 12.8. The molecule has 3 rings (SSSR count). The van der Waals surface area contributed by atoms with E-state index < -0.39 is 6.10 Å². The van der Waals surface area contributed by atoms with Crippen LogP contribution in [0.3, 0.4) is 0 Å². The Balaban J connectivity index is 2.15. The van der Waals surface area contributed by atoms with Gasteiger partial charge >= 0.3 is 0 Å². The van der Waals surface area contributed by atoms with Gasteiger partial charge < -0.3 is 5.11 Å². The molecule has 1 unspecified atom stereocenters. The number of rotatable bonds is 2. The molecule has 0 bridgehead atoms. The molecular formula is C17H16N2O. The van der Waals surface area contributed by atoms with Gasteiger partial charge in [0.1, 0.15) is 6.10 Å². The van der Waals surface area contributed by atoms with Crippen molar-refractivity contribution in [2.75, 3.05) is 0 Å². The Morgan fingerprint density at radius 1 is 1.05 bits per heavy atom. The summed E-state index contributed by atoms with van der Waals surface area (Å²) in [7, 11) is 0. The zero-order valence-electron chi connectivity index (χ0n) is 11.5. The van der Waals surface area contributed by atoms with E-state index in [0.29, 0.717) is 0 Å². The summed E-state index contributed by atoms with van der Waals surface area (Å²) in [4.78, 5) is 8.47. The van der Waals surface area contributed by atoms with Gasteiger partial charge in [-0.05, 0) is 48.6 Å². The van der Waals surface area contributed by atoms with Gasteiger partial charge in [-0.1, -0.05) is 18.2 Å². The number of nitrogens with zero attached hydrogens (tertiary/aromatic N) is 2. The monoisotopic (exact) mass is 264 g/mol. The van der Waals surface area contributed by atoms with Crippen LogP contribution in [0, 0.1) is 13.8 Å². The molecule has 0 radical (unpaired) electrons. The lowest BCUT2D eigenvalue weighted by atomic mass is 9.96. The van der Waals surface area contributed by atoms with Crippen LogP contribution in [0.25, 0.3) is 10.8 Å². The highest BCUT2D eigenvalue weighted by atomic mass is 16.3. The Morgan fingerprint density at radius 3 is 2.55 bits per heavy atom. The van der Waals surface area contributed by atoms with Crippen molar-refractivity contribution in [3.8, 4) is 0 Å². The van der Waals surface area contributed by atoms with Gasteiger partial charge in [-0.15, -0.1) is 0 Å². The van der Waals surface area contributed by atoms with E-state index in [0.717, 1.165) is 33.3 Å². The summed E-state index contributed by atoms with van der Waals surface area (Å²) in [6.07, 6.45) is 2.91. The number of pyridine rings is 2. The Kier molecular flexibility index (Phi) is 3.20. The zero-order valence-corrected chi connectivity index (χ0v) is 11.5. The van der Waals surface area contributed by atoms with E-state index in [1.165, 1.54) is 0 Å². The second-order valence-corrected chi connectivity index (χ2v) is 5.03. The molecule has 0 aliphatic heterocycles. The second-order valence-electron chi connectivity index (χ2n) is 5.03. The standard InChI is InChI=1S/C17H16N2O/c1-11-8-14(9-12(2)19-11)17(20)16-5-3-4-13-10-18-7-6-15(13)16/h3-10,17,20H,1-2H3. The van der Waals surface area contributed by atoms with Crippen LogP contribution in [0.15, 0.2) is 48.8 Å². The van der Waals surface area contributed by atoms with Gasteiger partial charge in [-0.2, -0.15) is 0 Å². The smallest absolute Gasteiger partial charge is 0.105 e. The van der Waals surface area contributed by atoms with Crippen LogP contribution in [0.1, 0.15) is 28.6 Å². The van der Waals surface area contributed by atoms with E-state index >= 15 is 0 Å². The summed E-state index contributed by atoms with van der Waals surface area (Å²) in [5.74, 6) is 0. The highest BCUT2D eigenvalue weighted by Gasteiger charge is 2.14. The summed E-state index contributed by atoms with van der Waals surface area (Å²) < 4.78 is 0. The van der Waals surface area contributed by atoms with Crippen molar-refractivity contribution in [2.45, 2.75) is 20.0 Å². The van der Waals surface area contributed by atoms with Crippen LogP contribution in [0.4, 0.5) is 0 Å². The number of aliphatic hydroxyl groups excluding tert-OH is 1. The van der Waals surface area contributed by atoms with Gasteiger partial charge in [0.25, 0.3) is 0 Å². The van der Waals surface area contributed by atoms with Crippen molar-refractivity contribution in [2.24, 2.45) is 0 Å². The number of aromatic nitrogens is 2. The van der Waals surface area contributed by atoms with Crippen molar-refractivity contribution in [1.29, 1.82) is 0 Å². The van der Waals surface area contributed by atoms with Crippen LogP contribution in [-0.4, -0.2) is 15.1 Å². The molecule has 100 valence electrons. The third-order valence-electron chi connectivity index (χ3n) is 3.43. The molecule has 20 heavy (non-hydrogen) atoms. The van der Waals surface area contributed by atoms with Crippen molar-refractivity contribution in [1.82, 2.24) is 9.97 Å². The van der Waals surface area contributed by atoms with E-state index in [9.17, 15) is 5.11 Å². The number of aryl methyl sites for hydroxylation is 2. The molecule has 0 saturated heterocycles. The highest BCUT2D eigenvalue weighted by Crippen LogP contribution is 2.28. The topological polar surface area (TPSA) is 46.0 Å². The van der Waals surface area contributed by atoms with E-state index in [1.807, 2.05) is 56.4 Å². The molecule has 0 aliphatic carbocycles. The third kappa shape index (κ3) is 2.28. The molecule has 0 spiro atoms. The SMILES string of the molecule is Cc1cc(C(O)c2cccc3cnccc23)cc(C)n1. The average molecular weight is 264 g/mol. The van der Waals surface area contributed by atoms with E-state index in [-0.39, 0.29) is 0 Å². The number of aliphatic hydroxyl groups is 1. The van der Waals surface area contributed by atoms with Crippen LogP contribution in [0.5, 0.6) is 0 Å². The van der Waals surface area contributed by atoms with E-state index in [2.05, 4.69) is 9.97 Å². The van der Waals surface area contributed by atoms with Crippen LogP contribution < -0.4 is 0 Å². The fraction of sp³-hybridized carbons (Fsp3) is 0.176. The van der Waals surface area contributed by atoms with Gasteiger partial charge in [0.15, 0.2) is 0 Å². The molecule has 2 heterocycles. The van der Waals surface area contributed by atoms with Crippen LogP contribution in [-0.2, 0) is 0 Å². The molecule has 0 amide bonds. The van der Waals surface area contributed by atoms with Gasteiger partial charge in [0.05, 0.1) is 0 Å². The van der Waals surface area contributed by atoms with Gasteiger partial charge in [-0.25, -0.2) is 0 Å². The van der Waals surface area contributed by atoms with Gasteiger partial charge in [0.2, 0.25) is 0 Å². The first-order valence-electron chi connectivity index (χ1n) is 6.61. The maximum atomic E-state index is 10.7. The third-order valence-corrected chi connectivity index (χ3v) is 3.43. The lowest BCUT2D eigenvalue weighted by Gasteiger charge is -2.15. The molecule has 3 aromatic rings. The minimum absolute atomic E-state index is 0.651. The second kappa shape index (κ2) is 5.02. The maximum absolute atomic E-state index is 10.7. The Morgan fingerprint density at radius 2 is 1.80 bits per heavy atom. The minimum Gasteiger partial charge on any atom is -0.384 e. The average Bonchev–Trinajstić information content (AvgIpc) is 2.45. The van der Waals surface area contributed by atoms with Gasteiger partial charge in [0, 0.05) is 29.2 Å². The van der Waals surface area contributed by atoms with Crippen molar-refractivity contribution in [3.63, 3.8) is 0 Å². The normalized spacial score (nSPS) is 12.6. The maximum Gasteiger partial charge on any atom is 0.105 e. The molecule has 0 aliphatic rings. The number of benzene rings is 1. The number of hydrogen-bond donors (Lipinski definition) is 1. The first-order valence-corrected chi connectivity index (χ1v) is 6.61. The van der Waals surface area contributed by atoms with Crippen molar-refractivity contribution < 1.29 is 5.11 Å². The Hall–Kier alpha value is -2.26. The quantitative estimate of drug-likeness (QED) is 0.772. The van der Waals surface area contributed by atoms with Crippen molar-refractivity contribution >= 4 is 10.8 Å². The molecule has 1 N–H and O–H groups in total. The first kappa shape index (κ1) is 12.8. The zero-order chi connectivity index (χ0) is 14.1.